The number of rotatable bonds is 8. The molecule has 1 unspecified atom stereocenters. The molecule has 1 aromatic carbocycles. The van der Waals surface area contributed by atoms with E-state index in [1.54, 1.807) is 0 Å². The van der Waals surface area contributed by atoms with Crippen LogP contribution >= 0.6 is 0 Å². The van der Waals surface area contributed by atoms with Gasteiger partial charge >= 0.3 is 0 Å². The van der Waals surface area contributed by atoms with Crippen molar-refractivity contribution in [3.8, 4) is 0 Å². The van der Waals surface area contributed by atoms with Gasteiger partial charge in [0.15, 0.2) is 0 Å². The van der Waals surface area contributed by atoms with Gasteiger partial charge in [0, 0.05) is 32.5 Å². The highest BCUT2D eigenvalue weighted by Crippen LogP contribution is 2.30. The van der Waals surface area contributed by atoms with Crippen LogP contribution < -0.4 is 0 Å². The molecule has 1 aliphatic heterocycles. The Morgan fingerprint density at radius 2 is 1.88 bits per heavy atom. The van der Waals surface area contributed by atoms with Crippen molar-refractivity contribution in [3.63, 3.8) is 0 Å². The lowest BCUT2D eigenvalue weighted by Crippen LogP contribution is -2.19. The monoisotopic (exact) mass is 327 g/mol. The van der Waals surface area contributed by atoms with Crippen LogP contribution in [0.25, 0.3) is 11.0 Å². The minimum absolute atomic E-state index is 0.231. The lowest BCUT2D eigenvalue weighted by molar-refractivity contribution is -0.126. The summed E-state index contributed by atoms with van der Waals surface area (Å²) in [6.45, 7) is 4.05. The Morgan fingerprint density at radius 3 is 2.62 bits per heavy atom. The standard InChI is InChI=1S/C20H29N3O/c1-3-4-5-6-7-10-13-23-18-12-9-8-11-17(18)21-20(23)16-14-19(24)22(2)15-16/h8-9,11-12,16H,3-7,10,13-15H2,1-2H3. The third-order valence-electron chi connectivity index (χ3n) is 5.13. The van der Waals surface area contributed by atoms with Crippen molar-refractivity contribution < 1.29 is 4.79 Å². The summed E-state index contributed by atoms with van der Waals surface area (Å²) in [6.07, 6.45) is 8.35. The normalized spacial score (nSPS) is 18.0. The van der Waals surface area contributed by atoms with Crippen molar-refractivity contribution in [3.05, 3.63) is 30.1 Å². The Morgan fingerprint density at radius 1 is 1.12 bits per heavy atom. The van der Waals surface area contributed by atoms with Crippen LogP contribution in [0.1, 0.15) is 63.6 Å². The fourth-order valence-electron chi connectivity index (χ4n) is 3.73. The maximum absolute atomic E-state index is 11.9. The summed E-state index contributed by atoms with van der Waals surface area (Å²) >= 11 is 0. The molecule has 1 atom stereocenters. The SMILES string of the molecule is CCCCCCCCn1c(C2CC(=O)N(C)C2)nc2ccccc21. The first-order valence-electron chi connectivity index (χ1n) is 9.40. The van der Waals surface area contributed by atoms with E-state index in [9.17, 15) is 4.79 Å². The highest BCUT2D eigenvalue weighted by atomic mass is 16.2. The third-order valence-corrected chi connectivity index (χ3v) is 5.13. The predicted molar refractivity (Wildman–Crippen MR) is 98.1 cm³/mol. The first-order chi connectivity index (χ1) is 11.7. The summed E-state index contributed by atoms with van der Waals surface area (Å²) in [4.78, 5) is 18.6. The zero-order valence-corrected chi connectivity index (χ0v) is 15.0. The second-order valence-electron chi connectivity index (χ2n) is 7.05. The van der Waals surface area contributed by atoms with Crippen LogP contribution in [0.2, 0.25) is 0 Å². The molecule has 0 N–H and O–H groups in total. The number of hydrogen-bond acceptors (Lipinski definition) is 2. The average Bonchev–Trinajstić information content (AvgIpc) is 3.11. The number of likely N-dealkylation sites (tertiary alicyclic amines) is 1. The van der Waals surface area contributed by atoms with Gasteiger partial charge in [-0.1, -0.05) is 51.2 Å². The highest BCUT2D eigenvalue weighted by molar-refractivity contribution is 5.80. The molecule has 1 fully saturated rings. The maximum Gasteiger partial charge on any atom is 0.223 e. The number of likely N-dealkylation sites (N-methyl/N-ethyl adjacent to an activating group) is 1. The molecule has 130 valence electrons. The van der Waals surface area contributed by atoms with E-state index in [0.717, 1.165) is 24.4 Å². The number of fused-ring (bicyclic) bond motifs is 1. The van der Waals surface area contributed by atoms with Crippen molar-refractivity contribution in [1.29, 1.82) is 0 Å². The van der Waals surface area contributed by atoms with E-state index in [1.807, 2.05) is 18.0 Å². The van der Waals surface area contributed by atoms with Crippen molar-refractivity contribution in [2.45, 2.75) is 64.3 Å². The van der Waals surface area contributed by atoms with E-state index in [-0.39, 0.29) is 11.8 Å². The lowest BCUT2D eigenvalue weighted by atomic mass is 10.1. The van der Waals surface area contributed by atoms with Crippen LogP contribution in [-0.2, 0) is 11.3 Å². The summed E-state index contributed by atoms with van der Waals surface area (Å²) in [5.41, 5.74) is 2.27. The summed E-state index contributed by atoms with van der Waals surface area (Å²) in [7, 11) is 1.89. The molecule has 4 nitrogen and oxygen atoms in total. The van der Waals surface area contributed by atoms with Crippen LogP contribution in [0.4, 0.5) is 0 Å². The van der Waals surface area contributed by atoms with E-state index >= 15 is 0 Å². The number of carbonyl (C=O) groups is 1. The molecule has 1 amide bonds. The van der Waals surface area contributed by atoms with Crippen molar-refractivity contribution in [2.75, 3.05) is 13.6 Å². The zero-order valence-electron chi connectivity index (χ0n) is 15.0. The van der Waals surface area contributed by atoms with E-state index < -0.39 is 0 Å². The number of imidazole rings is 1. The molecule has 2 heterocycles. The summed E-state index contributed by atoms with van der Waals surface area (Å²) in [6, 6.07) is 8.36. The van der Waals surface area contributed by atoms with Crippen LogP contribution in [-0.4, -0.2) is 34.0 Å². The average molecular weight is 327 g/mol. The lowest BCUT2D eigenvalue weighted by Gasteiger charge is -2.14. The number of aromatic nitrogens is 2. The van der Waals surface area contributed by atoms with Gasteiger partial charge in [-0.3, -0.25) is 4.79 Å². The summed E-state index contributed by atoms with van der Waals surface area (Å²) < 4.78 is 2.37. The molecule has 0 radical (unpaired) electrons. The number of aryl methyl sites for hydroxylation is 1. The van der Waals surface area contributed by atoms with E-state index in [2.05, 4.69) is 29.7 Å². The van der Waals surface area contributed by atoms with E-state index in [1.165, 1.54) is 44.0 Å². The topological polar surface area (TPSA) is 38.1 Å². The molecule has 0 aliphatic carbocycles. The van der Waals surface area contributed by atoms with Crippen LogP contribution in [0.5, 0.6) is 0 Å². The Bertz CT molecular complexity index is 691. The summed E-state index contributed by atoms with van der Waals surface area (Å²) in [5.74, 6) is 1.57. The maximum atomic E-state index is 11.9. The number of para-hydroxylation sites is 2. The first kappa shape index (κ1) is 17.0. The van der Waals surface area contributed by atoms with E-state index in [4.69, 9.17) is 4.98 Å². The highest BCUT2D eigenvalue weighted by Gasteiger charge is 2.31. The number of benzene rings is 1. The molecule has 0 spiro atoms. The molecule has 2 aromatic rings. The van der Waals surface area contributed by atoms with Gasteiger partial charge in [-0.15, -0.1) is 0 Å². The van der Waals surface area contributed by atoms with Gasteiger partial charge in [0.2, 0.25) is 5.91 Å². The Balaban J connectivity index is 1.74. The van der Waals surface area contributed by atoms with E-state index in [0.29, 0.717) is 6.42 Å². The predicted octanol–water partition coefficient (Wildman–Crippen LogP) is 4.34. The molecule has 4 heteroatoms. The Labute approximate surface area is 144 Å². The van der Waals surface area contributed by atoms with Gasteiger partial charge in [-0.25, -0.2) is 4.98 Å². The molecule has 0 saturated carbocycles. The molecular formula is C20H29N3O. The second kappa shape index (κ2) is 7.82. The molecule has 1 saturated heterocycles. The largest absolute Gasteiger partial charge is 0.345 e. The van der Waals surface area contributed by atoms with Gasteiger partial charge < -0.3 is 9.47 Å². The smallest absolute Gasteiger partial charge is 0.223 e. The minimum atomic E-state index is 0.231. The van der Waals surface area contributed by atoms with Gasteiger partial charge in [-0.2, -0.15) is 0 Å². The molecule has 3 rings (SSSR count). The van der Waals surface area contributed by atoms with Crippen molar-refractivity contribution in [2.24, 2.45) is 0 Å². The third kappa shape index (κ3) is 3.63. The number of hydrogen-bond donors (Lipinski definition) is 0. The number of amides is 1. The molecule has 0 bridgehead atoms. The first-order valence-corrected chi connectivity index (χ1v) is 9.40. The zero-order chi connectivity index (χ0) is 16.9. The van der Waals surface area contributed by atoms with Gasteiger partial charge in [0.25, 0.3) is 0 Å². The minimum Gasteiger partial charge on any atom is -0.345 e. The van der Waals surface area contributed by atoms with Gasteiger partial charge in [0.1, 0.15) is 5.82 Å². The number of nitrogens with zero attached hydrogens (tertiary/aromatic N) is 3. The van der Waals surface area contributed by atoms with Crippen LogP contribution in [0, 0.1) is 0 Å². The van der Waals surface area contributed by atoms with Crippen LogP contribution in [0.3, 0.4) is 0 Å². The fourth-order valence-corrected chi connectivity index (χ4v) is 3.73. The molecule has 24 heavy (non-hydrogen) atoms. The number of carbonyl (C=O) groups excluding carboxylic acids is 1. The fraction of sp³-hybridized carbons (Fsp3) is 0.600. The Hall–Kier alpha value is -1.84. The van der Waals surface area contributed by atoms with Crippen molar-refractivity contribution in [1.82, 2.24) is 14.5 Å². The van der Waals surface area contributed by atoms with Crippen LogP contribution in [0.15, 0.2) is 24.3 Å². The molecular weight excluding hydrogens is 298 g/mol. The van der Waals surface area contributed by atoms with Crippen molar-refractivity contribution >= 4 is 16.9 Å². The molecule has 1 aromatic heterocycles. The van der Waals surface area contributed by atoms with Gasteiger partial charge in [0.05, 0.1) is 11.0 Å². The van der Waals surface area contributed by atoms with Gasteiger partial charge in [-0.05, 0) is 18.6 Å². The molecule has 1 aliphatic rings. The second-order valence-corrected chi connectivity index (χ2v) is 7.05. The summed E-state index contributed by atoms with van der Waals surface area (Å²) in [5, 5.41) is 0. The quantitative estimate of drug-likeness (QED) is 0.676. The Kier molecular flexibility index (Phi) is 5.54. The number of unbranched alkanes of at least 4 members (excludes halogenated alkanes) is 5.